The van der Waals surface area contributed by atoms with Gasteiger partial charge in [-0.3, -0.25) is 19.4 Å². The Morgan fingerprint density at radius 3 is 1.23 bits per heavy atom. The minimum Gasteiger partial charge on any atom is -0.489 e. The normalized spacial score (nSPS) is 13.7. The maximum absolute atomic E-state index is 11.0. The number of carbonyl (C=O) groups is 2. The predicted octanol–water partition coefficient (Wildman–Crippen LogP) is 11.6. The van der Waals surface area contributed by atoms with E-state index in [1.54, 1.807) is 24.3 Å². The van der Waals surface area contributed by atoms with E-state index in [0.717, 1.165) is 82.6 Å². The van der Waals surface area contributed by atoms with Crippen LogP contribution >= 0.6 is 0 Å². The molecule has 14 nitrogen and oxygen atoms in total. The molecule has 2 aliphatic rings. The zero-order chi connectivity index (χ0) is 50.4. The summed E-state index contributed by atoms with van der Waals surface area (Å²) >= 11 is 0. The second kappa shape index (κ2) is 27.7. The van der Waals surface area contributed by atoms with Gasteiger partial charge in [0.1, 0.15) is 36.2 Å². The fourth-order valence-electron chi connectivity index (χ4n) is 7.27. The number of rotatable bonds is 16. The molecular formula is C56H66N6O8. The summed E-state index contributed by atoms with van der Waals surface area (Å²) in [7, 11) is 0. The standard InChI is InChI=1S/2C24H23N3O4.2C4H10/c2*1-16(12-23(28)29)27-11-10-22-21(14-27)26-24(31-22)19-6-8-20(9-7-19)30-15-18-4-2-17(13-25)3-5-18;2*1-3-4-2/h2*2-9,16H,10-12,14-15H2,1H3,(H,28,29);2*3-4H2,1-2H3. The zero-order valence-electron chi connectivity index (χ0n) is 41.3. The van der Waals surface area contributed by atoms with Gasteiger partial charge in [0.2, 0.25) is 11.8 Å². The molecule has 2 atom stereocenters. The number of aliphatic carboxylic acids is 2. The van der Waals surface area contributed by atoms with E-state index in [9.17, 15) is 9.59 Å². The van der Waals surface area contributed by atoms with Crippen LogP contribution in [0.15, 0.2) is 106 Å². The average Bonchev–Trinajstić information content (AvgIpc) is 4.02. The van der Waals surface area contributed by atoms with Crippen LogP contribution in [0.2, 0.25) is 0 Å². The number of carboxylic acids is 2. The van der Waals surface area contributed by atoms with Crippen LogP contribution in [0.1, 0.15) is 125 Å². The highest BCUT2D eigenvalue weighted by molar-refractivity contribution is 5.68. The second-order valence-corrected chi connectivity index (χ2v) is 17.4. The third-order valence-electron chi connectivity index (χ3n) is 11.9. The fourth-order valence-corrected chi connectivity index (χ4v) is 7.27. The van der Waals surface area contributed by atoms with Crippen LogP contribution < -0.4 is 9.47 Å². The van der Waals surface area contributed by atoms with Gasteiger partial charge >= 0.3 is 11.9 Å². The number of hydrogen-bond donors (Lipinski definition) is 2. The summed E-state index contributed by atoms with van der Waals surface area (Å²) in [5.74, 6) is 2.76. The quantitative estimate of drug-likeness (QED) is 0.0928. The molecule has 0 saturated heterocycles. The van der Waals surface area contributed by atoms with E-state index in [1.165, 1.54) is 25.7 Å². The van der Waals surface area contributed by atoms with Crippen molar-refractivity contribution in [2.45, 2.75) is 131 Å². The molecule has 0 fully saturated rings. The molecule has 70 heavy (non-hydrogen) atoms. The lowest BCUT2D eigenvalue weighted by atomic mass is 10.1. The summed E-state index contributed by atoms with van der Waals surface area (Å²) in [6.07, 6.45) is 6.95. The number of aromatic nitrogens is 2. The van der Waals surface area contributed by atoms with Gasteiger partial charge in [0.15, 0.2) is 0 Å². The molecular weight excluding hydrogens is 885 g/mol. The second-order valence-electron chi connectivity index (χ2n) is 17.4. The molecule has 6 aromatic rings. The summed E-state index contributed by atoms with van der Waals surface area (Å²) in [6, 6.07) is 33.9. The van der Waals surface area contributed by atoms with E-state index in [0.29, 0.717) is 49.2 Å². The molecule has 14 heteroatoms. The lowest BCUT2D eigenvalue weighted by Crippen LogP contribution is -2.38. The van der Waals surface area contributed by atoms with Gasteiger partial charge in [-0.15, -0.1) is 0 Å². The van der Waals surface area contributed by atoms with Crippen LogP contribution in [0.25, 0.3) is 22.9 Å². The van der Waals surface area contributed by atoms with E-state index in [2.05, 4.69) is 59.6 Å². The summed E-state index contributed by atoms with van der Waals surface area (Å²) in [4.78, 5) is 35.5. The predicted molar refractivity (Wildman–Crippen MR) is 268 cm³/mol. The summed E-state index contributed by atoms with van der Waals surface area (Å²) in [5.41, 5.74) is 6.72. The van der Waals surface area contributed by atoms with Crippen molar-refractivity contribution in [3.8, 4) is 46.5 Å². The molecule has 4 heterocycles. The SMILES string of the molecule is CC(CC(=O)O)N1CCc2oc(-c3ccc(OCc4ccc(C#N)cc4)cc3)nc2C1.CC(CC(=O)O)N1CCc2oc(-c3ccc(OCc4ccc(C#N)cc4)cc3)nc2C1.CCCC.CCCC. The average molecular weight is 951 g/mol. The van der Waals surface area contributed by atoms with E-state index in [4.69, 9.17) is 39.0 Å². The number of oxazole rings is 2. The van der Waals surface area contributed by atoms with E-state index < -0.39 is 11.9 Å². The largest absolute Gasteiger partial charge is 0.489 e. The lowest BCUT2D eigenvalue weighted by molar-refractivity contribution is -0.139. The van der Waals surface area contributed by atoms with Crippen LogP contribution in [-0.4, -0.2) is 67.1 Å². The van der Waals surface area contributed by atoms with Gasteiger partial charge in [-0.2, -0.15) is 10.5 Å². The summed E-state index contributed by atoms with van der Waals surface area (Å²) in [6.45, 7) is 16.1. The first kappa shape index (κ1) is 53.7. The van der Waals surface area contributed by atoms with Crippen molar-refractivity contribution in [3.05, 3.63) is 142 Å². The van der Waals surface area contributed by atoms with Crippen LogP contribution in [-0.2, 0) is 48.7 Å². The molecule has 2 unspecified atom stereocenters. The third kappa shape index (κ3) is 16.5. The highest BCUT2D eigenvalue weighted by atomic mass is 16.5. The van der Waals surface area contributed by atoms with E-state index >= 15 is 0 Å². The van der Waals surface area contributed by atoms with Gasteiger partial charge in [-0.05, 0) is 97.8 Å². The fraction of sp³-hybridized carbons (Fsp3) is 0.393. The van der Waals surface area contributed by atoms with Crippen LogP contribution in [0.3, 0.4) is 0 Å². The Morgan fingerprint density at radius 1 is 0.586 bits per heavy atom. The Hall–Kier alpha value is -7.26. The van der Waals surface area contributed by atoms with Crippen LogP contribution in [0, 0.1) is 22.7 Å². The third-order valence-corrected chi connectivity index (χ3v) is 11.9. The van der Waals surface area contributed by atoms with Crippen molar-refractivity contribution in [1.29, 1.82) is 10.5 Å². The Balaban J connectivity index is 0.000000226. The molecule has 8 rings (SSSR count). The monoisotopic (exact) mass is 950 g/mol. The molecule has 0 bridgehead atoms. The first-order valence-electron chi connectivity index (χ1n) is 24.2. The van der Waals surface area contributed by atoms with E-state index in [1.807, 2.05) is 86.6 Å². The first-order chi connectivity index (χ1) is 33.9. The number of ether oxygens (including phenoxy) is 2. The highest BCUT2D eigenvalue weighted by Crippen LogP contribution is 2.30. The molecule has 0 amide bonds. The minimum absolute atomic E-state index is 0.0432. The molecule has 2 N–H and O–H groups in total. The van der Waals surface area contributed by atoms with E-state index in [-0.39, 0.29) is 24.9 Å². The molecule has 2 aliphatic heterocycles. The minimum atomic E-state index is -0.791. The number of carboxylic acid groups (broad SMARTS) is 2. The van der Waals surface area contributed by atoms with Gasteiger partial charge in [0.05, 0.1) is 47.5 Å². The van der Waals surface area contributed by atoms with Crippen molar-refractivity contribution < 1.29 is 38.1 Å². The van der Waals surface area contributed by atoms with Crippen molar-refractivity contribution >= 4 is 11.9 Å². The van der Waals surface area contributed by atoms with Gasteiger partial charge < -0.3 is 28.5 Å². The Bertz CT molecular complexity index is 2440. The first-order valence-corrected chi connectivity index (χ1v) is 24.2. The number of hydrogen-bond acceptors (Lipinski definition) is 12. The van der Waals surface area contributed by atoms with Crippen molar-refractivity contribution in [2.75, 3.05) is 13.1 Å². The molecule has 0 spiro atoms. The number of fused-ring (bicyclic) bond motifs is 2. The van der Waals surface area contributed by atoms with Crippen molar-refractivity contribution in [2.24, 2.45) is 0 Å². The molecule has 368 valence electrons. The maximum Gasteiger partial charge on any atom is 0.304 e. The van der Waals surface area contributed by atoms with Gasteiger partial charge in [-0.25, -0.2) is 9.97 Å². The topological polar surface area (TPSA) is 199 Å². The Kier molecular flexibility index (Phi) is 21.2. The Morgan fingerprint density at radius 2 is 0.929 bits per heavy atom. The molecule has 4 aromatic carbocycles. The maximum atomic E-state index is 11.0. The number of nitrogens with zero attached hydrogens (tertiary/aromatic N) is 6. The summed E-state index contributed by atoms with van der Waals surface area (Å²) in [5, 5.41) is 35.8. The van der Waals surface area contributed by atoms with Crippen molar-refractivity contribution in [3.63, 3.8) is 0 Å². The summed E-state index contributed by atoms with van der Waals surface area (Å²) < 4.78 is 23.6. The molecule has 2 aromatic heterocycles. The molecule has 0 radical (unpaired) electrons. The number of benzene rings is 4. The van der Waals surface area contributed by atoms with Gasteiger partial charge in [0.25, 0.3) is 0 Å². The number of unbranched alkanes of at least 4 members (excludes halogenated alkanes) is 2. The number of nitriles is 2. The van der Waals surface area contributed by atoms with Gasteiger partial charge in [0, 0.05) is 62.2 Å². The van der Waals surface area contributed by atoms with Crippen molar-refractivity contribution in [1.82, 2.24) is 19.8 Å². The molecule has 0 saturated carbocycles. The van der Waals surface area contributed by atoms with Crippen LogP contribution in [0.4, 0.5) is 0 Å². The van der Waals surface area contributed by atoms with Gasteiger partial charge in [-0.1, -0.05) is 77.6 Å². The van der Waals surface area contributed by atoms with Crippen LogP contribution in [0.5, 0.6) is 11.5 Å². The zero-order valence-corrected chi connectivity index (χ0v) is 41.3. The smallest absolute Gasteiger partial charge is 0.304 e. The lowest BCUT2D eigenvalue weighted by Gasteiger charge is -2.30. The highest BCUT2D eigenvalue weighted by Gasteiger charge is 2.28. The Labute approximate surface area is 412 Å². The molecule has 0 aliphatic carbocycles.